The Hall–Kier alpha value is -2.73. The van der Waals surface area contributed by atoms with E-state index in [1.807, 2.05) is 62.3 Å². The molecular formula is C53H86O12. The second-order valence-corrected chi connectivity index (χ2v) is 24.8. The van der Waals surface area contributed by atoms with E-state index in [9.17, 15) is 29.1 Å². The van der Waals surface area contributed by atoms with Gasteiger partial charge in [0.15, 0.2) is 12.2 Å². The number of aliphatic hydroxyl groups is 1. The number of esters is 4. The first-order chi connectivity index (χ1) is 30.1. The van der Waals surface area contributed by atoms with Gasteiger partial charge in [0.05, 0.1) is 39.3 Å². The van der Waals surface area contributed by atoms with E-state index >= 15 is 0 Å². The fourth-order valence-corrected chi connectivity index (χ4v) is 12.9. The molecule has 12 nitrogen and oxygen atoms in total. The van der Waals surface area contributed by atoms with Crippen LogP contribution in [0.4, 0.5) is 0 Å². The zero-order chi connectivity index (χ0) is 48.3. The molecule has 0 spiro atoms. The summed E-state index contributed by atoms with van der Waals surface area (Å²) < 4.78 is 28.7. The lowest BCUT2D eigenvalue weighted by Crippen LogP contribution is -2.61. The summed E-state index contributed by atoms with van der Waals surface area (Å²) in [6.07, 6.45) is 15.8. The molecule has 2 N–H and O–H groups in total. The van der Waals surface area contributed by atoms with Gasteiger partial charge < -0.3 is 33.9 Å². The third kappa shape index (κ3) is 10.3. The average molecular weight is 915 g/mol. The van der Waals surface area contributed by atoms with E-state index in [1.165, 1.54) is 38.5 Å². The molecule has 0 aromatic carbocycles. The Morgan fingerprint density at radius 3 is 1.51 bits per heavy atom. The van der Waals surface area contributed by atoms with Crippen LogP contribution in [0, 0.1) is 63.1 Å². The number of rotatable bonds is 12. The summed E-state index contributed by atoms with van der Waals surface area (Å²) in [4.78, 5) is 58.9. The fraction of sp³-hybridized carbons (Fsp3) is 0.906. The summed E-state index contributed by atoms with van der Waals surface area (Å²) in [7, 11) is 0. The van der Waals surface area contributed by atoms with E-state index in [1.54, 1.807) is 13.8 Å². The molecule has 12 heteroatoms. The van der Waals surface area contributed by atoms with Crippen molar-refractivity contribution < 1.29 is 57.9 Å². The Kier molecular flexibility index (Phi) is 14.8. The highest BCUT2D eigenvalue weighted by Gasteiger charge is 2.66. The van der Waals surface area contributed by atoms with Crippen LogP contribution < -0.4 is 0 Å². The summed E-state index contributed by atoms with van der Waals surface area (Å²) >= 11 is 0. The predicted molar refractivity (Wildman–Crippen MR) is 245 cm³/mol. The van der Waals surface area contributed by atoms with Crippen molar-refractivity contribution in [2.45, 2.75) is 240 Å². The van der Waals surface area contributed by atoms with Crippen LogP contribution in [-0.4, -0.2) is 81.3 Å². The van der Waals surface area contributed by atoms with Crippen LogP contribution >= 0.6 is 0 Å². The van der Waals surface area contributed by atoms with Crippen LogP contribution in [0.15, 0.2) is 0 Å². The lowest BCUT2D eigenvalue weighted by Gasteiger charge is -2.60. The molecule has 0 aromatic heterocycles. The van der Waals surface area contributed by atoms with Gasteiger partial charge in [0.1, 0.15) is 17.3 Å². The Balaban J connectivity index is 0.000000149. The number of carboxylic acids is 1. The van der Waals surface area contributed by atoms with Crippen molar-refractivity contribution in [2.24, 2.45) is 63.1 Å². The van der Waals surface area contributed by atoms with Crippen LogP contribution in [0.5, 0.6) is 0 Å². The lowest BCUT2D eigenvalue weighted by molar-refractivity contribution is -0.225. The van der Waals surface area contributed by atoms with Gasteiger partial charge >= 0.3 is 29.8 Å². The Bertz CT molecular complexity index is 1730. The first kappa shape index (κ1) is 51.7. The number of ether oxygens (including phenoxy) is 5. The fourth-order valence-electron chi connectivity index (χ4n) is 12.9. The summed E-state index contributed by atoms with van der Waals surface area (Å²) in [6.45, 7) is 25.2. The van der Waals surface area contributed by atoms with Gasteiger partial charge in [-0.1, -0.05) is 34.6 Å². The second kappa shape index (κ2) is 18.6. The highest BCUT2D eigenvalue weighted by atomic mass is 16.7. The molecule has 8 aliphatic carbocycles. The molecule has 370 valence electrons. The molecular weight excluding hydrogens is 829 g/mol. The maximum Gasteiger partial charge on any atom is 0.312 e. The van der Waals surface area contributed by atoms with Crippen molar-refractivity contribution in [3.63, 3.8) is 0 Å². The first-order valence-electron chi connectivity index (χ1n) is 25.6. The van der Waals surface area contributed by atoms with Crippen LogP contribution in [-0.2, 0) is 47.7 Å². The van der Waals surface area contributed by atoms with Crippen LogP contribution in [0.3, 0.4) is 0 Å². The largest absolute Gasteiger partial charge is 0.481 e. The molecule has 11 fully saturated rings. The summed E-state index contributed by atoms with van der Waals surface area (Å²) in [6, 6.07) is 0. The van der Waals surface area contributed by atoms with Gasteiger partial charge in [0, 0.05) is 6.42 Å². The monoisotopic (exact) mass is 915 g/mol. The van der Waals surface area contributed by atoms with Crippen molar-refractivity contribution in [3.8, 4) is 0 Å². The Morgan fingerprint density at radius 2 is 1.08 bits per heavy atom. The van der Waals surface area contributed by atoms with E-state index in [-0.39, 0.29) is 58.6 Å². The van der Waals surface area contributed by atoms with Gasteiger partial charge in [-0.15, -0.1) is 0 Å². The van der Waals surface area contributed by atoms with Crippen molar-refractivity contribution in [1.29, 1.82) is 0 Å². The number of hydrogen-bond acceptors (Lipinski definition) is 11. The quantitative estimate of drug-likeness (QED) is 0.140. The van der Waals surface area contributed by atoms with Crippen molar-refractivity contribution >= 4 is 29.8 Å². The maximum atomic E-state index is 12.6. The molecule has 0 aromatic rings. The van der Waals surface area contributed by atoms with Gasteiger partial charge in [-0.05, 0) is 194 Å². The molecule has 3 aliphatic heterocycles. The molecule has 3 saturated heterocycles. The van der Waals surface area contributed by atoms with Gasteiger partial charge in [-0.2, -0.15) is 0 Å². The Labute approximate surface area is 390 Å². The highest BCUT2D eigenvalue weighted by Crippen LogP contribution is 2.62. The Morgan fingerprint density at radius 1 is 0.615 bits per heavy atom. The standard InChI is InChI=1S/C18H30O2.C16H26O3.C13H18O5.C6H12O2/c1-5-17(3,4)16(19)20-18(6-2)14-8-12-7-13(10-14)11-15(18)9-12;1-4-14(2,3)13(17)19-16-8-11-5-12(9-16)7-15(18,6-11)10-16;1-4-13(2,3)12(15)18-9-7-5-6-8(16-7)10(9)17-11(6)14;1-4-6(2,3)5(7)8/h12-15H,5-11H2,1-4H3;11-12,18H,4-10H2,1-3H3;6-10H,4-5H2,1-3H3;4H2,1-3H3,(H,7,8). The van der Waals surface area contributed by atoms with Gasteiger partial charge in [0.25, 0.3) is 0 Å². The molecule has 11 rings (SSSR count). The lowest BCUT2D eigenvalue weighted by atomic mass is 9.49. The second-order valence-electron chi connectivity index (χ2n) is 24.8. The number of carbonyl (C=O) groups excluding carboxylic acids is 4. The summed E-state index contributed by atoms with van der Waals surface area (Å²) in [5.74, 6) is 2.88. The van der Waals surface area contributed by atoms with E-state index in [0.717, 1.165) is 56.8 Å². The number of aliphatic carboxylic acids is 1. The molecule has 3 heterocycles. The number of carboxylic acid groups (broad SMARTS) is 1. The normalized spacial score (nSPS) is 38.9. The summed E-state index contributed by atoms with van der Waals surface area (Å²) in [5, 5.41) is 19.1. The zero-order valence-corrected chi connectivity index (χ0v) is 42.3. The third-order valence-corrected chi connectivity index (χ3v) is 18.4. The number of hydrogen-bond donors (Lipinski definition) is 2. The zero-order valence-electron chi connectivity index (χ0n) is 42.3. The van der Waals surface area contributed by atoms with Crippen LogP contribution in [0.2, 0.25) is 0 Å². The smallest absolute Gasteiger partial charge is 0.312 e. The third-order valence-electron chi connectivity index (χ3n) is 18.4. The minimum Gasteiger partial charge on any atom is -0.481 e. The molecule has 10 bridgehead atoms. The van der Waals surface area contributed by atoms with Crippen molar-refractivity contribution in [2.75, 3.05) is 0 Å². The average Bonchev–Trinajstić information content (AvgIpc) is 3.87. The summed E-state index contributed by atoms with van der Waals surface area (Å²) in [5.41, 5.74) is -2.84. The molecule has 0 amide bonds. The SMILES string of the molecule is CCC(C)(C)C(=O)O.CCC(C)(C)C(=O)OC1(CC)C2CC3CC(C2)CC1C3.CCC(C)(C)C(=O)OC12CC3CC(CC(O)(C3)C1)C2.CCC(C)(C)C(=O)OC1C2CC3C(=O)OC1C3O2. The van der Waals surface area contributed by atoms with E-state index in [0.29, 0.717) is 49.4 Å². The topological polar surface area (TPSA) is 172 Å². The molecule has 7 atom stereocenters. The van der Waals surface area contributed by atoms with Crippen molar-refractivity contribution in [1.82, 2.24) is 0 Å². The number of fused-ring (bicyclic) bond motifs is 1. The first-order valence-corrected chi connectivity index (χ1v) is 25.6. The number of carbonyl (C=O) groups is 5. The minimum atomic E-state index is -0.722. The van der Waals surface area contributed by atoms with Crippen molar-refractivity contribution in [3.05, 3.63) is 0 Å². The molecule has 7 unspecified atom stereocenters. The molecule has 8 saturated carbocycles. The molecule has 11 aliphatic rings. The van der Waals surface area contributed by atoms with Crippen LogP contribution in [0.25, 0.3) is 0 Å². The maximum absolute atomic E-state index is 12.6. The predicted octanol–water partition coefficient (Wildman–Crippen LogP) is 10.2. The molecule has 65 heavy (non-hydrogen) atoms. The van der Waals surface area contributed by atoms with Crippen LogP contribution in [0.1, 0.15) is 199 Å². The van der Waals surface area contributed by atoms with E-state index in [2.05, 4.69) is 13.8 Å². The van der Waals surface area contributed by atoms with E-state index in [4.69, 9.17) is 28.8 Å². The van der Waals surface area contributed by atoms with Gasteiger partial charge in [0.2, 0.25) is 0 Å². The van der Waals surface area contributed by atoms with Gasteiger partial charge in [-0.25, -0.2) is 0 Å². The van der Waals surface area contributed by atoms with E-state index < -0.39 is 40.0 Å². The highest BCUT2D eigenvalue weighted by molar-refractivity contribution is 5.79. The molecule has 0 radical (unpaired) electrons. The van der Waals surface area contributed by atoms with Gasteiger partial charge in [-0.3, -0.25) is 24.0 Å². The minimum absolute atomic E-state index is 0.0364.